The first-order valence-electron chi connectivity index (χ1n) is 9.90. The van der Waals surface area contributed by atoms with Crippen LogP contribution in [-0.4, -0.2) is 44.9 Å². The molecule has 1 aliphatic rings. The number of nitrogens with one attached hydrogen (secondary N) is 1. The summed E-state index contributed by atoms with van der Waals surface area (Å²) in [5.74, 6) is 1.10. The number of nitrogen functional groups attached to an aromatic ring is 1. The molecule has 0 saturated heterocycles. The van der Waals surface area contributed by atoms with E-state index in [1.807, 2.05) is 24.3 Å². The van der Waals surface area contributed by atoms with Gasteiger partial charge in [-0.2, -0.15) is 9.97 Å². The molecule has 8 nitrogen and oxygen atoms in total. The number of aromatic nitrogens is 3. The van der Waals surface area contributed by atoms with E-state index in [0.29, 0.717) is 47.8 Å². The largest absolute Gasteiger partial charge is 0.395 e. The van der Waals surface area contributed by atoms with Gasteiger partial charge in [-0.05, 0) is 34.4 Å². The van der Waals surface area contributed by atoms with Crippen LogP contribution < -0.4 is 11.1 Å². The van der Waals surface area contributed by atoms with Crippen molar-refractivity contribution in [2.75, 3.05) is 24.6 Å². The van der Waals surface area contributed by atoms with E-state index in [4.69, 9.17) is 27.2 Å². The third-order valence-electron chi connectivity index (χ3n) is 4.87. The molecule has 3 aromatic rings. The molecule has 0 unspecified atom stereocenters. The van der Waals surface area contributed by atoms with Crippen LogP contribution in [0.25, 0.3) is 22.2 Å². The zero-order chi connectivity index (χ0) is 21.8. The second-order valence-corrected chi connectivity index (χ2v) is 8.52. The third kappa shape index (κ3) is 4.90. The molecule has 162 valence electrons. The lowest BCUT2D eigenvalue weighted by Crippen LogP contribution is -2.26. The van der Waals surface area contributed by atoms with Gasteiger partial charge in [0.25, 0.3) is 0 Å². The molecule has 0 aliphatic carbocycles. The molecule has 0 fully saturated rings. The number of aliphatic hydroxyl groups is 1. The van der Waals surface area contributed by atoms with Crippen LogP contribution in [-0.2, 0) is 22.7 Å². The number of aliphatic hydroxyl groups excluding tert-OH is 1. The molecule has 1 aromatic heterocycles. The maximum atomic E-state index is 11.6. The van der Waals surface area contributed by atoms with Gasteiger partial charge in [0.15, 0.2) is 11.0 Å². The normalized spacial score (nSPS) is 12.8. The van der Waals surface area contributed by atoms with Gasteiger partial charge in [0.1, 0.15) is 0 Å². The highest BCUT2D eigenvalue weighted by atomic mass is 35.5. The van der Waals surface area contributed by atoms with E-state index in [1.54, 1.807) is 0 Å². The Morgan fingerprint density at radius 1 is 1.26 bits per heavy atom. The van der Waals surface area contributed by atoms with Crippen LogP contribution in [0.4, 0.5) is 5.95 Å². The average Bonchev–Trinajstić information content (AvgIpc) is 2.75. The molecule has 4 N–H and O–H groups in total. The molecule has 10 heteroatoms. The van der Waals surface area contributed by atoms with Crippen LogP contribution >= 0.6 is 23.4 Å². The van der Waals surface area contributed by atoms with Gasteiger partial charge in [-0.1, -0.05) is 41.6 Å². The first kappa shape index (κ1) is 21.8. The van der Waals surface area contributed by atoms with E-state index in [1.165, 1.54) is 11.8 Å². The Bertz CT molecular complexity index is 1130. The van der Waals surface area contributed by atoms with E-state index in [2.05, 4.69) is 20.3 Å². The minimum atomic E-state index is -0.0925. The SMILES string of the molecule is Nc1nc(SCCCC(=O)NCCO)nc(-c2c(Cl)cc3c4c(cccc24)COC3)n1. The summed E-state index contributed by atoms with van der Waals surface area (Å²) in [6.07, 6.45) is 1.01. The first-order chi connectivity index (χ1) is 15.1. The Balaban J connectivity index is 1.58. The molecule has 31 heavy (non-hydrogen) atoms. The summed E-state index contributed by atoms with van der Waals surface area (Å²) >= 11 is 8.05. The topological polar surface area (TPSA) is 123 Å². The number of nitrogens with zero attached hydrogens (tertiary/aromatic N) is 3. The minimum Gasteiger partial charge on any atom is -0.395 e. The number of thioether (sulfide) groups is 1. The Morgan fingerprint density at radius 2 is 2.10 bits per heavy atom. The molecular weight excluding hydrogens is 438 g/mol. The van der Waals surface area contributed by atoms with Crippen molar-refractivity contribution < 1.29 is 14.6 Å². The van der Waals surface area contributed by atoms with E-state index in [-0.39, 0.29) is 25.0 Å². The zero-order valence-electron chi connectivity index (χ0n) is 16.7. The van der Waals surface area contributed by atoms with Crippen molar-refractivity contribution in [3.63, 3.8) is 0 Å². The molecular formula is C21H22ClN5O3S. The van der Waals surface area contributed by atoms with Gasteiger partial charge in [0, 0.05) is 24.3 Å². The quantitative estimate of drug-likeness (QED) is 0.347. The number of ether oxygens (including phenoxy) is 1. The van der Waals surface area contributed by atoms with Gasteiger partial charge in [0.05, 0.1) is 24.8 Å². The van der Waals surface area contributed by atoms with Crippen LogP contribution in [0.1, 0.15) is 24.0 Å². The highest BCUT2D eigenvalue weighted by molar-refractivity contribution is 7.99. The zero-order valence-corrected chi connectivity index (χ0v) is 18.3. The summed E-state index contributed by atoms with van der Waals surface area (Å²) in [5.41, 5.74) is 8.84. The molecule has 2 heterocycles. The second kappa shape index (κ2) is 9.78. The average molecular weight is 460 g/mol. The summed E-state index contributed by atoms with van der Waals surface area (Å²) in [6.45, 7) is 1.26. The fraction of sp³-hybridized carbons (Fsp3) is 0.333. The molecule has 0 radical (unpaired) electrons. The molecule has 0 atom stereocenters. The van der Waals surface area contributed by atoms with Gasteiger partial charge >= 0.3 is 0 Å². The highest BCUT2D eigenvalue weighted by Gasteiger charge is 2.21. The number of carbonyl (C=O) groups is 1. The van der Waals surface area contributed by atoms with Crippen molar-refractivity contribution in [2.24, 2.45) is 0 Å². The smallest absolute Gasteiger partial charge is 0.224 e. The summed E-state index contributed by atoms with van der Waals surface area (Å²) in [5, 5.41) is 14.5. The van der Waals surface area contributed by atoms with E-state index < -0.39 is 0 Å². The molecule has 4 rings (SSSR count). The number of benzene rings is 2. The van der Waals surface area contributed by atoms with Gasteiger partial charge < -0.3 is 20.9 Å². The van der Waals surface area contributed by atoms with Crippen LogP contribution in [0.3, 0.4) is 0 Å². The number of amides is 1. The number of rotatable bonds is 8. The second-order valence-electron chi connectivity index (χ2n) is 7.05. The predicted molar refractivity (Wildman–Crippen MR) is 121 cm³/mol. The van der Waals surface area contributed by atoms with Crippen molar-refractivity contribution >= 4 is 46.0 Å². The minimum absolute atomic E-state index is 0.0693. The Labute approximate surface area is 188 Å². The number of nitrogens with two attached hydrogens (primary N) is 1. The lowest BCUT2D eigenvalue weighted by atomic mass is 9.94. The van der Waals surface area contributed by atoms with Crippen LogP contribution in [0.2, 0.25) is 5.02 Å². The van der Waals surface area contributed by atoms with E-state index in [0.717, 1.165) is 27.5 Å². The lowest BCUT2D eigenvalue weighted by molar-refractivity contribution is -0.121. The van der Waals surface area contributed by atoms with Crippen LogP contribution in [0, 0.1) is 0 Å². The van der Waals surface area contributed by atoms with Gasteiger partial charge in [0.2, 0.25) is 11.9 Å². The fourth-order valence-electron chi connectivity index (χ4n) is 3.57. The van der Waals surface area contributed by atoms with Gasteiger partial charge in [-0.15, -0.1) is 0 Å². The number of carbonyl (C=O) groups excluding carboxylic acids is 1. The third-order valence-corrected chi connectivity index (χ3v) is 6.10. The number of anilines is 1. The molecule has 0 saturated carbocycles. The van der Waals surface area contributed by atoms with Crippen molar-refractivity contribution in [2.45, 2.75) is 31.2 Å². The number of halogens is 1. The predicted octanol–water partition coefficient (Wildman–Crippen LogP) is 2.94. The molecule has 0 bridgehead atoms. The Kier molecular flexibility index (Phi) is 6.86. The highest BCUT2D eigenvalue weighted by Crippen LogP contribution is 2.39. The molecule has 1 aliphatic heterocycles. The Morgan fingerprint density at radius 3 is 2.94 bits per heavy atom. The maximum Gasteiger partial charge on any atom is 0.224 e. The summed E-state index contributed by atoms with van der Waals surface area (Å²) < 4.78 is 5.65. The first-order valence-corrected chi connectivity index (χ1v) is 11.3. The number of hydrogen-bond acceptors (Lipinski definition) is 8. The van der Waals surface area contributed by atoms with E-state index >= 15 is 0 Å². The lowest BCUT2D eigenvalue weighted by Gasteiger charge is -2.20. The van der Waals surface area contributed by atoms with Crippen LogP contribution in [0.5, 0.6) is 0 Å². The van der Waals surface area contributed by atoms with Crippen molar-refractivity contribution in [3.05, 3.63) is 40.4 Å². The summed E-state index contributed by atoms with van der Waals surface area (Å²) in [7, 11) is 0. The standard InChI is InChI=1S/C21H22ClN5O3S/c22-15-9-13-11-30-10-12-3-1-4-14(17(12)13)18(15)19-25-20(23)27-21(26-19)31-8-2-5-16(29)24-6-7-28/h1,3-4,9,28H,2,5-8,10-11H2,(H,24,29)(H2,23,25,26,27). The maximum absolute atomic E-state index is 11.6. The van der Waals surface area contributed by atoms with Gasteiger partial charge in [-0.25, -0.2) is 4.98 Å². The molecule has 1 amide bonds. The van der Waals surface area contributed by atoms with Crippen molar-refractivity contribution in [3.8, 4) is 11.4 Å². The summed E-state index contributed by atoms with van der Waals surface area (Å²) in [6, 6.07) is 7.92. The molecule has 2 aromatic carbocycles. The van der Waals surface area contributed by atoms with Crippen LogP contribution in [0.15, 0.2) is 29.4 Å². The monoisotopic (exact) mass is 459 g/mol. The summed E-state index contributed by atoms with van der Waals surface area (Å²) in [4.78, 5) is 24.8. The van der Waals surface area contributed by atoms with Crippen molar-refractivity contribution in [1.82, 2.24) is 20.3 Å². The fourth-order valence-corrected chi connectivity index (χ4v) is 4.67. The molecule has 0 spiro atoms. The van der Waals surface area contributed by atoms with Gasteiger partial charge in [-0.3, -0.25) is 4.79 Å². The van der Waals surface area contributed by atoms with Crippen molar-refractivity contribution in [1.29, 1.82) is 0 Å². The number of hydrogen-bond donors (Lipinski definition) is 3. The van der Waals surface area contributed by atoms with E-state index in [9.17, 15) is 4.79 Å². The Hall–Kier alpha value is -2.46.